The SMILES string of the molecule is O=C(Nc1ccccc1C(=O)N/N=C\c1ccc(Br)o1)c1ccco1. The monoisotopic (exact) mass is 401 g/mol. The molecule has 2 amide bonds. The number of hydrogen-bond acceptors (Lipinski definition) is 5. The van der Waals surface area contributed by atoms with Crippen molar-refractivity contribution in [2.75, 3.05) is 5.32 Å². The summed E-state index contributed by atoms with van der Waals surface area (Å²) in [6, 6.07) is 13.1. The molecule has 8 heteroatoms. The summed E-state index contributed by atoms with van der Waals surface area (Å²) in [5.74, 6) is -0.297. The van der Waals surface area contributed by atoms with E-state index in [1.807, 2.05) is 0 Å². The number of benzene rings is 1. The minimum absolute atomic E-state index is 0.150. The Morgan fingerprint density at radius 3 is 2.60 bits per heavy atom. The first-order valence-corrected chi connectivity index (χ1v) is 7.95. The van der Waals surface area contributed by atoms with E-state index in [0.717, 1.165) is 0 Å². The highest BCUT2D eigenvalue weighted by Crippen LogP contribution is 2.16. The number of nitrogens with zero attached hydrogens (tertiary/aromatic N) is 1. The van der Waals surface area contributed by atoms with Crippen molar-refractivity contribution in [3.63, 3.8) is 0 Å². The number of halogens is 1. The summed E-state index contributed by atoms with van der Waals surface area (Å²) < 4.78 is 10.8. The second-order valence-electron chi connectivity index (χ2n) is 4.82. The van der Waals surface area contributed by atoms with Gasteiger partial charge in [0.1, 0.15) is 5.76 Å². The second-order valence-corrected chi connectivity index (χ2v) is 5.60. The Morgan fingerprint density at radius 1 is 1.04 bits per heavy atom. The fourth-order valence-electron chi connectivity index (χ4n) is 1.99. The molecule has 0 aliphatic heterocycles. The van der Waals surface area contributed by atoms with E-state index in [1.165, 1.54) is 18.5 Å². The zero-order chi connectivity index (χ0) is 17.6. The molecule has 1 aromatic carbocycles. The Hall–Kier alpha value is -3.13. The number of hydrazone groups is 1. The maximum atomic E-state index is 12.3. The standard InChI is InChI=1S/C17H12BrN3O4/c18-15-8-7-11(25-15)10-19-21-16(22)12-4-1-2-5-13(12)20-17(23)14-6-3-9-24-14/h1-10H,(H,20,23)(H,21,22)/b19-10-. The molecule has 0 radical (unpaired) electrons. The topological polar surface area (TPSA) is 96.8 Å². The molecule has 0 fully saturated rings. The molecule has 0 unspecified atom stereocenters. The van der Waals surface area contributed by atoms with Crippen molar-refractivity contribution in [1.82, 2.24) is 5.43 Å². The third-order valence-electron chi connectivity index (χ3n) is 3.12. The first-order chi connectivity index (χ1) is 12.1. The molecule has 0 bridgehead atoms. The van der Waals surface area contributed by atoms with Gasteiger partial charge in [0, 0.05) is 0 Å². The average molecular weight is 402 g/mol. The van der Waals surface area contributed by atoms with E-state index in [1.54, 1.807) is 42.5 Å². The number of para-hydroxylation sites is 1. The van der Waals surface area contributed by atoms with Gasteiger partial charge in [-0.25, -0.2) is 5.43 Å². The van der Waals surface area contributed by atoms with Crippen LogP contribution in [0, 0.1) is 0 Å². The quantitative estimate of drug-likeness (QED) is 0.503. The molecular formula is C17H12BrN3O4. The van der Waals surface area contributed by atoms with Gasteiger partial charge >= 0.3 is 0 Å². The Kier molecular flexibility index (Phi) is 5.10. The molecule has 0 saturated heterocycles. The Balaban J connectivity index is 1.70. The summed E-state index contributed by atoms with van der Waals surface area (Å²) >= 11 is 3.17. The van der Waals surface area contributed by atoms with Crippen LogP contribution in [0.15, 0.2) is 73.4 Å². The van der Waals surface area contributed by atoms with Gasteiger partial charge in [0.25, 0.3) is 11.8 Å². The van der Waals surface area contributed by atoms with Crippen molar-refractivity contribution < 1.29 is 18.4 Å². The molecule has 7 nitrogen and oxygen atoms in total. The molecule has 2 N–H and O–H groups in total. The van der Waals surface area contributed by atoms with Crippen molar-refractivity contribution in [1.29, 1.82) is 0 Å². The first kappa shape index (κ1) is 16.7. The van der Waals surface area contributed by atoms with E-state index in [2.05, 4.69) is 31.8 Å². The van der Waals surface area contributed by atoms with E-state index in [4.69, 9.17) is 8.83 Å². The van der Waals surface area contributed by atoms with Gasteiger partial charge in [-0.2, -0.15) is 5.10 Å². The van der Waals surface area contributed by atoms with Gasteiger partial charge in [0.15, 0.2) is 10.4 Å². The highest BCUT2D eigenvalue weighted by Gasteiger charge is 2.15. The summed E-state index contributed by atoms with van der Waals surface area (Å²) in [5.41, 5.74) is 2.99. The number of carbonyl (C=O) groups is 2. The van der Waals surface area contributed by atoms with Crippen LogP contribution in [-0.2, 0) is 0 Å². The zero-order valence-corrected chi connectivity index (χ0v) is 14.3. The molecule has 0 aliphatic rings. The van der Waals surface area contributed by atoms with Crippen LogP contribution in [0.3, 0.4) is 0 Å². The molecule has 3 aromatic rings. The number of furan rings is 2. The number of anilines is 1. The van der Waals surface area contributed by atoms with Crippen molar-refractivity contribution in [2.24, 2.45) is 5.10 Å². The van der Waals surface area contributed by atoms with Gasteiger partial charge in [0.05, 0.1) is 23.7 Å². The van der Waals surface area contributed by atoms with Crippen molar-refractivity contribution in [3.05, 3.63) is 76.5 Å². The number of amides is 2. The summed E-state index contributed by atoms with van der Waals surface area (Å²) in [7, 11) is 0. The largest absolute Gasteiger partial charge is 0.459 e. The van der Waals surface area contributed by atoms with Crippen LogP contribution in [0.2, 0.25) is 0 Å². The third-order valence-corrected chi connectivity index (χ3v) is 3.54. The molecule has 25 heavy (non-hydrogen) atoms. The zero-order valence-electron chi connectivity index (χ0n) is 12.7. The average Bonchev–Trinajstić information content (AvgIpc) is 3.27. The van der Waals surface area contributed by atoms with Crippen LogP contribution in [0.5, 0.6) is 0 Å². The summed E-state index contributed by atoms with van der Waals surface area (Å²) in [5, 5.41) is 6.47. The second kappa shape index (κ2) is 7.63. The maximum Gasteiger partial charge on any atom is 0.291 e. The number of rotatable bonds is 5. The van der Waals surface area contributed by atoms with E-state index in [0.29, 0.717) is 16.1 Å². The van der Waals surface area contributed by atoms with Gasteiger partial charge in [-0.05, 0) is 52.3 Å². The molecule has 0 atom stereocenters. The number of carbonyl (C=O) groups excluding carboxylic acids is 2. The normalized spacial score (nSPS) is 10.8. The lowest BCUT2D eigenvalue weighted by molar-refractivity contribution is 0.0956. The Morgan fingerprint density at radius 2 is 1.88 bits per heavy atom. The van der Waals surface area contributed by atoms with Crippen molar-refractivity contribution in [3.8, 4) is 0 Å². The van der Waals surface area contributed by atoms with Crippen LogP contribution in [0.4, 0.5) is 5.69 Å². The summed E-state index contributed by atoms with van der Waals surface area (Å²) in [6.45, 7) is 0. The number of hydrogen-bond donors (Lipinski definition) is 2. The minimum atomic E-state index is -0.475. The van der Waals surface area contributed by atoms with Crippen LogP contribution in [0.1, 0.15) is 26.7 Å². The molecule has 126 valence electrons. The van der Waals surface area contributed by atoms with E-state index in [9.17, 15) is 9.59 Å². The molecule has 2 aromatic heterocycles. The molecular weight excluding hydrogens is 390 g/mol. The van der Waals surface area contributed by atoms with Gasteiger partial charge in [-0.3, -0.25) is 9.59 Å². The maximum absolute atomic E-state index is 12.3. The molecule has 3 rings (SSSR count). The minimum Gasteiger partial charge on any atom is -0.459 e. The molecule has 0 aliphatic carbocycles. The lowest BCUT2D eigenvalue weighted by atomic mass is 10.1. The van der Waals surface area contributed by atoms with E-state index >= 15 is 0 Å². The fraction of sp³-hybridized carbons (Fsp3) is 0. The third kappa shape index (κ3) is 4.24. The fourth-order valence-corrected chi connectivity index (χ4v) is 2.31. The lowest BCUT2D eigenvalue weighted by Crippen LogP contribution is -2.21. The summed E-state index contributed by atoms with van der Waals surface area (Å²) in [4.78, 5) is 24.4. The lowest BCUT2D eigenvalue weighted by Gasteiger charge is -2.08. The highest BCUT2D eigenvalue weighted by molar-refractivity contribution is 9.10. The van der Waals surface area contributed by atoms with E-state index in [-0.39, 0.29) is 11.3 Å². The molecule has 0 spiro atoms. The van der Waals surface area contributed by atoms with Gasteiger partial charge in [-0.1, -0.05) is 12.1 Å². The van der Waals surface area contributed by atoms with Gasteiger partial charge in [-0.15, -0.1) is 0 Å². The highest BCUT2D eigenvalue weighted by atomic mass is 79.9. The Bertz CT molecular complexity index is 916. The van der Waals surface area contributed by atoms with Gasteiger partial charge in [0.2, 0.25) is 0 Å². The van der Waals surface area contributed by atoms with Crippen LogP contribution in [-0.4, -0.2) is 18.0 Å². The molecule has 2 heterocycles. The van der Waals surface area contributed by atoms with Crippen LogP contribution < -0.4 is 10.7 Å². The summed E-state index contributed by atoms with van der Waals surface area (Å²) in [6.07, 6.45) is 2.77. The van der Waals surface area contributed by atoms with Crippen molar-refractivity contribution >= 4 is 39.6 Å². The van der Waals surface area contributed by atoms with Crippen LogP contribution >= 0.6 is 15.9 Å². The smallest absolute Gasteiger partial charge is 0.291 e. The van der Waals surface area contributed by atoms with Crippen molar-refractivity contribution in [2.45, 2.75) is 0 Å². The number of nitrogens with one attached hydrogen (secondary N) is 2. The first-order valence-electron chi connectivity index (χ1n) is 7.16. The van der Waals surface area contributed by atoms with Gasteiger partial charge < -0.3 is 14.2 Å². The Labute approximate surface area is 150 Å². The van der Waals surface area contributed by atoms with E-state index < -0.39 is 11.8 Å². The molecule has 0 saturated carbocycles. The van der Waals surface area contributed by atoms with Crippen LogP contribution in [0.25, 0.3) is 0 Å². The predicted molar refractivity (Wildman–Crippen MR) is 94.6 cm³/mol. The predicted octanol–water partition coefficient (Wildman–Crippen LogP) is 3.65.